The van der Waals surface area contributed by atoms with E-state index in [0.29, 0.717) is 0 Å². The topological polar surface area (TPSA) is 9.23 Å². The molecule has 0 fully saturated rings. The monoisotopic (exact) mass is 524 g/mol. The first-order chi connectivity index (χ1) is 12.7. The van der Waals surface area contributed by atoms with Crippen molar-refractivity contribution in [3.05, 3.63) is 0 Å². The van der Waals surface area contributed by atoms with Gasteiger partial charge >= 0.3 is 53.8 Å². The highest BCUT2D eigenvalue weighted by atomic mass is 28.5. The fraction of sp³-hybridized carbons (Fsp3) is 1.00. The third-order valence-corrected chi connectivity index (χ3v) is 6.49. The van der Waals surface area contributed by atoms with Gasteiger partial charge in [0.05, 0.1) is 0 Å². The molecule has 0 amide bonds. The van der Waals surface area contributed by atoms with Crippen LogP contribution in [0, 0.1) is 0 Å². The molecule has 0 rings (SSSR count). The SMILES string of the molecule is CCC(F)(F)C(F)(F)C(F)(F)C(F)(F)C(F)(F)C(F)(F)CC[Si](F)(F)O[Si](F)(F)F. The molecule has 182 valence electrons. The zero-order valence-corrected chi connectivity index (χ0v) is 16.0. The van der Waals surface area contributed by atoms with Crippen LogP contribution in [0.5, 0.6) is 0 Å². The first-order valence-electron chi connectivity index (χ1n) is 7.14. The molecule has 0 N–H and O–H groups in total. The fourth-order valence-corrected chi connectivity index (χ4v) is 4.12. The molecule has 0 aliphatic carbocycles. The summed E-state index contributed by atoms with van der Waals surface area (Å²) in [5, 5.41) is 0. The molecular weight excluding hydrogens is 515 g/mol. The third kappa shape index (κ3) is 5.15. The van der Waals surface area contributed by atoms with Gasteiger partial charge in [-0.2, -0.15) is 52.7 Å². The highest BCUT2D eigenvalue weighted by molar-refractivity contribution is 6.70. The van der Waals surface area contributed by atoms with E-state index in [1.54, 1.807) is 0 Å². The van der Waals surface area contributed by atoms with Crippen LogP contribution in [0.3, 0.4) is 0 Å². The molecule has 1 nitrogen and oxygen atoms in total. The summed E-state index contributed by atoms with van der Waals surface area (Å²) in [7, 11) is -14.9. The molecule has 30 heavy (non-hydrogen) atoms. The first kappa shape index (κ1) is 29.2. The smallest absolute Gasteiger partial charge is 0.333 e. The van der Waals surface area contributed by atoms with Crippen molar-refractivity contribution in [2.24, 2.45) is 0 Å². The van der Waals surface area contributed by atoms with Gasteiger partial charge < -0.3 is 4.12 Å². The Kier molecular flexibility index (Phi) is 7.75. The summed E-state index contributed by atoms with van der Waals surface area (Å²) in [5.41, 5.74) is 0. The van der Waals surface area contributed by atoms with Gasteiger partial charge in [-0.25, -0.2) is 20.5 Å². The van der Waals surface area contributed by atoms with E-state index < -0.39 is 72.7 Å². The highest BCUT2D eigenvalue weighted by Gasteiger charge is 2.89. The molecule has 0 aliphatic rings. The van der Waals surface area contributed by atoms with Crippen molar-refractivity contribution in [3.8, 4) is 0 Å². The lowest BCUT2D eigenvalue weighted by Gasteiger charge is -2.41. The lowest BCUT2D eigenvalue weighted by atomic mass is 9.90. The molecule has 0 aromatic rings. The van der Waals surface area contributed by atoms with Gasteiger partial charge in [0, 0.05) is 18.9 Å². The number of hydrogen-bond donors (Lipinski definition) is 0. The van der Waals surface area contributed by atoms with Crippen molar-refractivity contribution in [3.63, 3.8) is 0 Å². The second-order valence-electron chi connectivity index (χ2n) is 5.75. The second kappa shape index (κ2) is 7.96. The predicted molar refractivity (Wildman–Crippen MR) is 67.5 cm³/mol. The van der Waals surface area contributed by atoms with Gasteiger partial charge in [-0.3, -0.25) is 0 Å². The molecule has 0 heterocycles. The summed E-state index contributed by atoms with van der Waals surface area (Å²) in [6, 6.07) is -2.95. The van der Waals surface area contributed by atoms with Gasteiger partial charge in [-0.05, 0) is 0 Å². The summed E-state index contributed by atoms with van der Waals surface area (Å²) >= 11 is 0. The van der Waals surface area contributed by atoms with Crippen LogP contribution in [0.4, 0.5) is 73.2 Å². The summed E-state index contributed by atoms with van der Waals surface area (Å²) in [6.45, 7) is 0.0333. The summed E-state index contributed by atoms with van der Waals surface area (Å²) in [5.74, 6) is -43.6. The van der Waals surface area contributed by atoms with Crippen LogP contribution >= 0.6 is 0 Å². The Morgan fingerprint density at radius 1 is 0.567 bits per heavy atom. The molecule has 0 radical (unpaired) electrons. The van der Waals surface area contributed by atoms with Crippen LogP contribution in [0.25, 0.3) is 0 Å². The van der Waals surface area contributed by atoms with Crippen molar-refractivity contribution >= 4 is 18.3 Å². The molecule has 0 atom stereocenters. The number of alkyl halides is 12. The minimum Gasteiger partial charge on any atom is -0.333 e. The molecule has 0 bridgehead atoms. The quantitative estimate of drug-likeness (QED) is 0.164. The van der Waals surface area contributed by atoms with Crippen LogP contribution in [0.2, 0.25) is 6.04 Å². The lowest BCUT2D eigenvalue weighted by Crippen LogP contribution is -2.70. The van der Waals surface area contributed by atoms with Gasteiger partial charge in [-0.15, -0.1) is 0 Å². The number of rotatable bonds is 11. The maximum Gasteiger partial charge on any atom is 0.795 e. The zero-order chi connectivity index (χ0) is 24.8. The van der Waals surface area contributed by atoms with Crippen LogP contribution in [0.1, 0.15) is 19.8 Å². The molecule has 0 saturated carbocycles. The standard InChI is InChI=1S/C10H9F17OSi2/c1-2-5(11,12)7(15,16)9(19,20)10(21,22)8(17,18)6(13,14)3-4-29(23,24)28-30(25,26)27/h2-4H2,1H3. The van der Waals surface area contributed by atoms with E-state index in [2.05, 4.69) is 4.12 Å². The maximum absolute atomic E-state index is 13.4. The predicted octanol–water partition coefficient (Wildman–Crippen LogP) is 6.84. The molecule has 0 unspecified atom stereocenters. The molecular formula is C10H9F17OSi2. The molecule has 20 heteroatoms. The Morgan fingerprint density at radius 2 is 0.900 bits per heavy atom. The van der Waals surface area contributed by atoms with Gasteiger partial charge in [0.25, 0.3) is 0 Å². The van der Waals surface area contributed by atoms with Crippen molar-refractivity contribution in [2.45, 2.75) is 61.3 Å². The minimum atomic E-state index is -7.96. The van der Waals surface area contributed by atoms with E-state index in [9.17, 15) is 73.2 Å². The Morgan fingerprint density at radius 3 is 1.20 bits per heavy atom. The maximum atomic E-state index is 13.4. The average molecular weight is 524 g/mol. The zero-order valence-electron chi connectivity index (χ0n) is 14.0. The van der Waals surface area contributed by atoms with Crippen LogP contribution < -0.4 is 0 Å². The van der Waals surface area contributed by atoms with Gasteiger partial charge in [0.1, 0.15) is 0 Å². The molecule has 0 saturated heterocycles. The van der Waals surface area contributed by atoms with E-state index in [-0.39, 0.29) is 6.92 Å². The third-order valence-electron chi connectivity index (χ3n) is 3.54. The van der Waals surface area contributed by atoms with Gasteiger partial charge in [0.15, 0.2) is 0 Å². The molecule has 0 aromatic carbocycles. The van der Waals surface area contributed by atoms with Gasteiger partial charge in [0.2, 0.25) is 0 Å². The van der Waals surface area contributed by atoms with E-state index in [0.717, 1.165) is 0 Å². The minimum absolute atomic E-state index is 0.0333. The van der Waals surface area contributed by atoms with Crippen molar-refractivity contribution in [1.82, 2.24) is 0 Å². The van der Waals surface area contributed by atoms with E-state index in [1.807, 2.05) is 0 Å². The van der Waals surface area contributed by atoms with Crippen molar-refractivity contribution in [1.29, 1.82) is 0 Å². The van der Waals surface area contributed by atoms with Crippen LogP contribution in [0.15, 0.2) is 0 Å². The largest absolute Gasteiger partial charge is 0.795 e. The Bertz CT molecular complexity index is 598. The van der Waals surface area contributed by atoms with Crippen LogP contribution in [-0.2, 0) is 4.12 Å². The fourth-order valence-electron chi connectivity index (χ4n) is 1.76. The van der Waals surface area contributed by atoms with Crippen molar-refractivity contribution < 1.29 is 77.3 Å². The molecule has 0 aliphatic heterocycles. The molecule has 0 aromatic heterocycles. The van der Waals surface area contributed by atoms with E-state index in [1.165, 1.54) is 0 Å². The Labute approximate surface area is 158 Å². The van der Waals surface area contributed by atoms with Gasteiger partial charge in [-0.1, -0.05) is 6.92 Å². The lowest BCUT2D eigenvalue weighted by molar-refractivity contribution is -0.425. The Balaban J connectivity index is 6.01. The number of hydrogen-bond acceptors (Lipinski definition) is 1. The van der Waals surface area contributed by atoms with E-state index >= 15 is 0 Å². The summed E-state index contributed by atoms with van der Waals surface area (Å²) < 4.78 is 222. The van der Waals surface area contributed by atoms with Crippen LogP contribution in [-0.4, -0.2) is 53.8 Å². The highest BCUT2D eigenvalue weighted by Crippen LogP contribution is 2.61. The summed E-state index contributed by atoms with van der Waals surface area (Å²) in [6.07, 6.45) is -5.67. The number of halogens is 17. The normalized spacial score (nSPS) is 16.2. The average Bonchev–Trinajstić information content (AvgIpc) is 2.50. The Hall–Kier alpha value is -0.796. The summed E-state index contributed by atoms with van der Waals surface area (Å²) in [4.78, 5) is 0. The van der Waals surface area contributed by atoms with E-state index in [4.69, 9.17) is 0 Å². The first-order valence-corrected chi connectivity index (χ1v) is 10.6. The molecule has 0 spiro atoms. The second-order valence-corrected chi connectivity index (χ2v) is 9.23. The van der Waals surface area contributed by atoms with Crippen molar-refractivity contribution in [2.75, 3.05) is 0 Å².